The van der Waals surface area contributed by atoms with Crippen LogP contribution in [-0.2, 0) is 16.1 Å². The Kier molecular flexibility index (Phi) is 5.73. The number of aryl methyl sites for hydroxylation is 1. The maximum atomic E-state index is 11.6. The molecule has 0 saturated carbocycles. The van der Waals surface area contributed by atoms with Crippen molar-refractivity contribution in [3.8, 4) is 0 Å². The highest BCUT2D eigenvalue weighted by molar-refractivity contribution is 5.77. The molecule has 2 atom stereocenters. The van der Waals surface area contributed by atoms with Crippen LogP contribution in [0.2, 0.25) is 0 Å². The molecule has 21 heavy (non-hydrogen) atoms. The molecule has 1 heterocycles. The fourth-order valence-corrected chi connectivity index (χ4v) is 2.85. The van der Waals surface area contributed by atoms with Gasteiger partial charge in [-0.1, -0.05) is 24.3 Å². The number of carbonyl (C=O) groups is 1. The highest BCUT2D eigenvalue weighted by atomic mass is 16.5. The lowest BCUT2D eigenvalue weighted by Gasteiger charge is -2.18. The van der Waals surface area contributed by atoms with Gasteiger partial charge in [0.05, 0.1) is 0 Å². The third kappa shape index (κ3) is 4.27. The predicted octanol–water partition coefficient (Wildman–Crippen LogP) is 0.550. The lowest BCUT2D eigenvalue weighted by molar-refractivity contribution is -0.125. The number of carbonyl (C=O) groups excluding carboxylic acids is 1. The van der Waals surface area contributed by atoms with Crippen LogP contribution in [-0.4, -0.2) is 55.4 Å². The number of amides is 1. The second-order valence-electron chi connectivity index (χ2n) is 5.67. The average molecular weight is 292 g/mol. The van der Waals surface area contributed by atoms with E-state index in [2.05, 4.69) is 29.3 Å². The summed E-state index contributed by atoms with van der Waals surface area (Å²) in [4.78, 5) is 13.9. The summed E-state index contributed by atoms with van der Waals surface area (Å²) < 4.78 is 4.83. The Bertz CT molecular complexity index is 478. The van der Waals surface area contributed by atoms with Crippen molar-refractivity contribution in [2.45, 2.75) is 19.5 Å². The summed E-state index contributed by atoms with van der Waals surface area (Å²) in [5, 5.41) is 12.5. The molecule has 0 radical (unpaired) electrons. The minimum Gasteiger partial charge on any atom is -0.396 e. The maximum Gasteiger partial charge on any atom is 0.246 e. The van der Waals surface area contributed by atoms with Gasteiger partial charge in [-0.3, -0.25) is 9.69 Å². The van der Waals surface area contributed by atoms with Crippen molar-refractivity contribution < 1.29 is 14.6 Å². The summed E-state index contributed by atoms with van der Waals surface area (Å²) in [6, 6.07) is 8.29. The SMILES string of the molecule is COCC(=O)N[C@@H]1CN(Cc2ccccc2C)C[C@H]1CO. The molecular weight excluding hydrogens is 268 g/mol. The van der Waals surface area contributed by atoms with Crippen LogP contribution >= 0.6 is 0 Å². The molecule has 1 aliphatic rings. The second-order valence-corrected chi connectivity index (χ2v) is 5.67. The van der Waals surface area contributed by atoms with Crippen LogP contribution in [0.3, 0.4) is 0 Å². The predicted molar refractivity (Wildman–Crippen MR) is 80.8 cm³/mol. The van der Waals surface area contributed by atoms with Crippen LogP contribution in [0.15, 0.2) is 24.3 Å². The Morgan fingerprint density at radius 3 is 2.86 bits per heavy atom. The molecule has 1 fully saturated rings. The third-order valence-corrected chi connectivity index (χ3v) is 4.03. The Morgan fingerprint density at radius 1 is 1.43 bits per heavy atom. The number of benzene rings is 1. The van der Waals surface area contributed by atoms with Gasteiger partial charge < -0.3 is 15.2 Å². The lowest BCUT2D eigenvalue weighted by atomic mass is 10.1. The molecule has 116 valence electrons. The summed E-state index contributed by atoms with van der Waals surface area (Å²) >= 11 is 0. The number of hydrogen-bond donors (Lipinski definition) is 2. The van der Waals surface area contributed by atoms with Crippen molar-refractivity contribution in [3.63, 3.8) is 0 Å². The number of aliphatic hydroxyl groups is 1. The Labute approximate surface area is 125 Å². The molecule has 1 saturated heterocycles. The quantitative estimate of drug-likeness (QED) is 0.804. The second kappa shape index (κ2) is 7.54. The van der Waals surface area contributed by atoms with E-state index < -0.39 is 0 Å². The molecule has 0 bridgehead atoms. The smallest absolute Gasteiger partial charge is 0.246 e. The van der Waals surface area contributed by atoms with Gasteiger partial charge in [-0.15, -0.1) is 0 Å². The van der Waals surface area contributed by atoms with E-state index in [-0.39, 0.29) is 31.1 Å². The summed E-state index contributed by atoms with van der Waals surface area (Å²) in [5.41, 5.74) is 2.56. The molecule has 0 spiro atoms. The molecule has 2 rings (SSSR count). The first-order valence-corrected chi connectivity index (χ1v) is 7.30. The molecule has 2 N–H and O–H groups in total. The Hall–Kier alpha value is -1.43. The fraction of sp³-hybridized carbons (Fsp3) is 0.562. The minimum absolute atomic E-state index is 0.0123. The molecule has 0 aliphatic carbocycles. The number of nitrogens with zero attached hydrogens (tertiary/aromatic N) is 1. The topological polar surface area (TPSA) is 61.8 Å². The normalized spacial score (nSPS) is 22.4. The van der Waals surface area contributed by atoms with Gasteiger partial charge in [0, 0.05) is 45.3 Å². The van der Waals surface area contributed by atoms with Gasteiger partial charge >= 0.3 is 0 Å². The standard InChI is InChI=1S/C16H24N2O3/c1-12-5-3-4-6-13(12)7-18-8-14(10-19)15(9-18)17-16(20)11-21-2/h3-6,14-15,19H,7-11H2,1-2H3,(H,17,20)/t14-,15+/m0/s1. The third-order valence-electron chi connectivity index (χ3n) is 4.03. The van der Waals surface area contributed by atoms with Gasteiger partial charge in [-0.25, -0.2) is 0 Å². The number of hydrogen-bond acceptors (Lipinski definition) is 4. The molecule has 5 nitrogen and oxygen atoms in total. The first-order chi connectivity index (χ1) is 10.1. The van der Waals surface area contributed by atoms with Crippen LogP contribution < -0.4 is 5.32 Å². The highest BCUT2D eigenvalue weighted by Crippen LogP contribution is 2.20. The number of ether oxygens (including phenoxy) is 1. The molecule has 1 aromatic rings. The minimum atomic E-state index is -0.126. The highest BCUT2D eigenvalue weighted by Gasteiger charge is 2.33. The van der Waals surface area contributed by atoms with E-state index in [4.69, 9.17) is 4.74 Å². The van der Waals surface area contributed by atoms with Crippen molar-refractivity contribution in [2.75, 3.05) is 33.4 Å². The molecule has 1 amide bonds. The van der Waals surface area contributed by atoms with Crippen LogP contribution in [0.1, 0.15) is 11.1 Å². The van der Waals surface area contributed by atoms with E-state index in [1.807, 2.05) is 12.1 Å². The van der Waals surface area contributed by atoms with Gasteiger partial charge in [0.25, 0.3) is 0 Å². The van der Waals surface area contributed by atoms with Crippen molar-refractivity contribution in [3.05, 3.63) is 35.4 Å². The molecule has 1 aliphatic heterocycles. The zero-order valence-electron chi connectivity index (χ0n) is 12.7. The van der Waals surface area contributed by atoms with Gasteiger partial charge in [-0.05, 0) is 18.1 Å². The average Bonchev–Trinajstić information content (AvgIpc) is 2.83. The Balaban J connectivity index is 1.95. The van der Waals surface area contributed by atoms with Crippen molar-refractivity contribution in [1.29, 1.82) is 0 Å². The summed E-state index contributed by atoms with van der Waals surface area (Å²) in [7, 11) is 1.50. The first kappa shape index (κ1) is 15.9. The summed E-state index contributed by atoms with van der Waals surface area (Å²) in [5.74, 6) is -0.0477. The number of aliphatic hydroxyl groups excluding tert-OH is 1. The van der Waals surface area contributed by atoms with Gasteiger partial charge in [0.1, 0.15) is 6.61 Å². The van der Waals surface area contributed by atoms with Gasteiger partial charge in [0.15, 0.2) is 0 Å². The molecule has 0 aromatic heterocycles. The number of likely N-dealkylation sites (tertiary alicyclic amines) is 1. The number of nitrogens with one attached hydrogen (secondary N) is 1. The zero-order valence-corrected chi connectivity index (χ0v) is 12.7. The van der Waals surface area contributed by atoms with Crippen LogP contribution in [0.5, 0.6) is 0 Å². The van der Waals surface area contributed by atoms with Crippen LogP contribution in [0, 0.1) is 12.8 Å². The lowest BCUT2D eigenvalue weighted by Crippen LogP contribution is -2.43. The Morgan fingerprint density at radius 2 is 2.19 bits per heavy atom. The van der Waals surface area contributed by atoms with Gasteiger partial charge in [0.2, 0.25) is 5.91 Å². The summed E-state index contributed by atoms with van der Waals surface area (Å²) in [6.07, 6.45) is 0. The fourth-order valence-electron chi connectivity index (χ4n) is 2.85. The van der Waals surface area contributed by atoms with Crippen molar-refractivity contribution in [1.82, 2.24) is 10.2 Å². The maximum absolute atomic E-state index is 11.6. The zero-order chi connectivity index (χ0) is 15.2. The van der Waals surface area contributed by atoms with E-state index >= 15 is 0 Å². The first-order valence-electron chi connectivity index (χ1n) is 7.30. The van der Waals surface area contributed by atoms with E-state index in [1.165, 1.54) is 18.2 Å². The van der Waals surface area contributed by atoms with Gasteiger partial charge in [-0.2, -0.15) is 0 Å². The summed E-state index contributed by atoms with van der Waals surface area (Å²) in [6.45, 7) is 4.65. The van der Waals surface area contributed by atoms with Crippen molar-refractivity contribution >= 4 is 5.91 Å². The molecule has 5 heteroatoms. The van der Waals surface area contributed by atoms with E-state index in [1.54, 1.807) is 0 Å². The van der Waals surface area contributed by atoms with Crippen LogP contribution in [0.4, 0.5) is 0 Å². The van der Waals surface area contributed by atoms with E-state index in [0.29, 0.717) is 0 Å². The monoisotopic (exact) mass is 292 g/mol. The van der Waals surface area contributed by atoms with Crippen molar-refractivity contribution in [2.24, 2.45) is 5.92 Å². The molecular formula is C16H24N2O3. The molecule has 0 unspecified atom stereocenters. The van der Waals surface area contributed by atoms with Crippen LogP contribution in [0.25, 0.3) is 0 Å². The molecule has 1 aromatic carbocycles. The van der Waals surface area contributed by atoms with E-state index in [9.17, 15) is 9.90 Å². The number of rotatable bonds is 6. The largest absolute Gasteiger partial charge is 0.396 e. The number of methoxy groups -OCH3 is 1. The van der Waals surface area contributed by atoms with E-state index in [0.717, 1.165) is 19.6 Å².